The molecule has 4 nitrogen and oxygen atoms in total. The lowest BCUT2D eigenvalue weighted by atomic mass is 9.50. The van der Waals surface area contributed by atoms with Crippen LogP contribution in [-0.2, 0) is 4.79 Å². The highest BCUT2D eigenvalue weighted by Crippen LogP contribution is 2.89. The van der Waals surface area contributed by atoms with Gasteiger partial charge in [-0.2, -0.15) is 0 Å². The molecule has 2 saturated heterocycles. The van der Waals surface area contributed by atoms with Crippen LogP contribution in [0.1, 0.15) is 13.3 Å². The molecule has 5 aliphatic carbocycles. The second-order valence-electron chi connectivity index (χ2n) is 7.48. The SMILES string of the molecule is CCN1C(=O)C2(O)[C@@H]3[C@@H]4C[C@H]5[C@H]6[C@@H]4[C@@H]2[C@H]6C1(O)[C@@H]53. The van der Waals surface area contributed by atoms with Crippen molar-refractivity contribution in [2.75, 3.05) is 6.54 Å². The van der Waals surface area contributed by atoms with E-state index in [1.54, 1.807) is 4.90 Å². The predicted octanol–water partition coefficient (Wildman–Crippen LogP) is -0.344. The van der Waals surface area contributed by atoms with Crippen LogP contribution in [0.25, 0.3) is 0 Å². The fourth-order valence-corrected chi connectivity index (χ4v) is 8.01. The lowest BCUT2D eigenvalue weighted by molar-refractivity contribution is -0.301. The van der Waals surface area contributed by atoms with Gasteiger partial charge in [-0.25, -0.2) is 0 Å². The van der Waals surface area contributed by atoms with Gasteiger partial charge in [-0.3, -0.25) is 4.79 Å². The van der Waals surface area contributed by atoms with Crippen LogP contribution in [0.2, 0.25) is 0 Å². The zero-order valence-electron chi connectivity index (χ0n) is 10.3. The van der Waals surface area contributed by atoms with Crippen molar-refractivity contribution in [2.24, 2.45) is 47.3 Å². The molecule has 7 fully saturated rings. The Morgan fingerprint density at radius 3 is 2.56 bits per heavy atom. The third-order valence-electron chi connectivity index (χ3n) is 7.84. The van der Waals surface area contributed by atoms with Gasteiger partial charge in [0, 0.05) is 30.2 Å². The Hall–Kier alpha value is -0.610. The lowest BCUT2D eigenvalue weighted by Crippen LogP contribution is -2.80. The van der Waals surface area contributed by atoms with Crippen LogP contribution in [0.5, 0.6) is 0 Å². The largest absolute Gasteiger partial charge is 0.379 e. The number of hydrogen-bond acceptors (Lipinski definition) is 3. The number of rotatable bonds is 1. The number of fused-ring (bicyclic) bond motifs is 1. The van der Waals surface area contributed by atoms with Crippen molar-refractivity contribution in [2.45, 2.75) is 24.7 Å². The molecule has 2 N–H and O–H groups in total. The van der Waals surface area contributed by atoms with Gasteiger partial charge in [0.2, 0.25) is 0 Å². The van der Waals surface area contributed by atoms with E-state index in [9.17, 15) is 15.0 Å². The van der Waals surface area contributed by atoms with Crippen LogP contribution in [-0.4, -0.2) is 38.9 Å². The van der Waals surface area contributed by atoms with Gasteiger partial charge in [0.1, 0.15) is 11.3 Å². The quantitative estimate of drug-likeness (QED) is 0.666. The Kier molecular flexibility index (Phi) is 1.07. The number of hydrogen-bond donors (Lipinski definition) is 2. The average molecular weight is 247 g/mol. The molecule has 5 saturated carbocycles. The molecule has 18 heavy (non-hydrogen) atoms. The van der Waals surface area contributed by atoms with E-state index in [0.29, 0.717) is 30.2 Å². The minimum atomic E-state index is -1.10. The number of likely N-dealkylation sites (N-methyl/N-ethyl adjacent to an activating group) is 1. The highest BCUT2D eigenvalue weighted by Gasteiger charge is 2.96. The second kappa shape index (κ2) is 2.06. The molecule has 2 aliphatic heterocycles. The fourth-order valence-electron chi connectivity index (χ4n) is 8.01. The summed E-state index contributed by atoms with van der Waals surface area (Å²) in [5, 5.41) is 22.3. The molecular weight excluding hydrogens is 230 g/mol. The topological polar surface area (TPSA) is 60.8 Å². The summed E-state index contributed by atoms with van der Waals surface area (Å²) in [5.74, 6) is 2.66. The first-order valence-corrected chi connectivity index (χ1v) is 7.34. The predicted molar refractivity (Wildman–Crippen MR) is 59.8 cm³/mol. The first-order chi connectivity index (χ1) is 8.57. The van der Waals surface area contributed by atoms with Crippen molar-refractivity contribution >= 4 is 5.91 Å². The van der Waals surface area contributed by atoms with Crippen molar-refractivity contribution in [3.05, 3.63) is 0 Å². The van der Waals surface area contributed by atoms with Gasteiger partial charge in [-0.15, -0.1) is 0 Å². The summed E-state index contributed by atoms with van der Waals surface area (Å²) in [6, 6.07) is 0. The maximum atomic E-state index is 12.6. The van der Waals surface area contributed by atoms with E-state index in [-0.39, 0.29) is 29.6 Å². The second-order valence-corrected chi connectivity index (χ2v) is 7.48. The molecule has 0 aromatic rings. The van der Waals surface area contributed by atoms with E-state index < -0.39 is 11.3 Å². The van der Waals surface area contributed by atoms with E-state index in [2.05, 4.69) is 0 Å². The number of carbonyl (C=O) groups is 1. The highest BCUT2D eigenvalue weighted by molar-refractivity contribution is 5.91. The van der Waals surface area contributed by atoms with Crippen molar-refractivity contribution in [3.63, 3.8) is 0 Å². The maximum absolute atomic E-state index is 12.6. The Morgan fingerprint density at radius 2 is 1.83 bits per heavy atom. The first-order valence-electron chi connectivity index (χ1n) is 7.34. The number of carbonyl (C=O) groups excluding carboxylic acids is 1. The first kappa shape index (κ1) is 9.32. The van der Waals surface area contributed by atoms with Gasteiger partial charge in [0.25, 0.3) is 5.91 Å². The summed E-state index contributed by atoms with van der Waals surface area (Å²) in [4.78, 5) is 14.2. The Balaban J connectivity index is 1.72. The van der Waals surface area contributed by atoms with Crippen LogP contribution in [0, 0.1) is 47.3 Å². The van der Waals surface area contributed by atoms with Gasteiger partial charge < -0.3 is 15.1 Å². The molecule has 7 aliphatic rings. The van der Waals surface area contributed by atoms with Crippen LogP contribution >= 0.6 is 0 Å². The standard InChI is InChI=1S/C14H17NO3/c1-2-15-12(16)13(17)8-4-3-5-7-6(4)10(13)11(7)14(15,18)9(5)8/h4-11,17-18H,2-3H2,1H3/t4-,5+,6-,7+,8-,9+,10-,11+,13?,14?/m1/s1. The fraction of sp³-hybridized carbons (Fsp3) is 0.929. The zero-order valence-corrected chi connectivity index (χ0v) is 10.3. The van der Waals surface area contributed by atoms with Crippen molar-refractivity contribution in [1.29, 1.82) is 0 Å². The summed E-state index contributed by atoms with van der Waals surface area (Å²) >= 11 is 0. The lowest BCUT2D eigenvalue weighted by Gasteiger charge is -2.65. The Bertz CT molecular complexity index is 535. The van der Waals surface area contributed by atoms with Crippen molar-refractivity contribution < 1.29 is 15.0 Å². The Morgan fingerprint density at radius 1 is 1.17 bits per heavy atom. The molecule has 1 amide bonds. The average Bonchev–Trinajstić information content (AvgIpc) is 2.80. The molecule has 2 heterocycles. The Labute approximate surface area is 105 Å². The van der Waals surface area contributed by atoms with E-state index in [1.807, 2.05) is 6.92 Å². The van der Waals surface area contributed by atoms with Crippen LogP contribution in [0.15, 0.2) is 0 Å². The molecule has 7 rings (SSSR count). The number of nitrogens with zero attached hydrogens (tertiary/aromatic N) is 1. The molecule has 0 radical (unpaired) electrons. The monoisotopic (exact) mass is 247 g/mol. The normalized spacial score (nSPS) is 75.9. The van der Waals surface area contributed by atoms with Crippen LogP contribution in [0.4, 0.5) is 0 Å². The van der Waals surface area contributed by atoms with E-state index in [1.165, 1.54) is 0 Å². The summed E-state index contributed by atoms with van der Waals surface area (Å²) in [6.07, 6.45) is 1.16. The summed E-state index contributed by atoms with van der Waals surface area (Å²) in [7, 11) is 0. The van der Waals surface area contributed by atoms with Gasteiger partial charge in [-0.05, 0) is 37.0 Å². The zero-order chi connectivity index (χ0) is 12.2. The molecule has 0 spiro atoms. The number of aliphatic hydroxyl groups is 2. The minimum absolute atomic E-state index is 0.0767. The molecule has 0 aromatic heterocycles. The van der Waals surface area contributed by atoms with Gasteiger partial charge in [0.05, 0.1) is 0 Å². The summed E-state index contributed by atoms with van der Waals surface area (Å²) in [6.45, 7) is 2.44. The highest BCUT2D eigenvalue weighted by atomic mass is 16.3. The van der Waals surface area contributed by atoms with E-state index in [4.69, 9.17) is 0 Å². The molecule has 96 valence electrons. The molecule has 10 atom stereocenters. The third-order valence-corrected chi connectivity index (χ3v) is 7.84. The van der Waals surface area contributed by atoms with E-state index >= 15 is 0 Å². The third kappa shape index (κ3) is 0.481. The number of piperidine rings is 2. The van der Waals surface area contributed by atoms with Crippen LogP contribution < -0.4 is 0 Å². The van der Waals surface area contributed by atoms with Crippen LogP contribution in [0.3, 0.4) is 0 Å². The summed E-state index contributed by atoms with van der Waals surface area (Å²) < 4.78 is 0. The molecule has 4 bridgehead atoms. The molecule has 0 aromatic carbocycles. The number of amides is 1. The minimum Gasteiger partial charge on any atom is -0.379 e. The molecule has 4 heteroatoms. The molecule has 2 unspecified atom stereocenters. The smallest absolute Gasteiger partial charge is 0.257 e. The maximum Gasteiger partial charge on any atom is 0.257 e. The van der Waals surface area contributed by atoms with Crippen molar-refractivity contribution in [1.82, 2.24) is 4.90 Å². The summed E-state index contributed by atoms with van der Waals surface area (Å²) in [5.41, 5.74) is -2.00. The molecular formula is C14H17NO3. The van der Waals surface area contributed by atoms with Gasteiger partial charge in [-0.1, -0.05) is 0 Å². The van der Waals surface area contributed by atoms with E-state index in [0.717, 1.165) is 6.42 Å². The van der Waals surface area contributed by atoms with Gasteiger partial charge in [0.15, 0.2) is 0 Å². The van der Waals surface area contributed by atoms with Crippen molar-refractivity contribution in [3.8, 4) is 0 Å². The van der Waals surface area contributed by atoms with Gasteiger partial charge >= 0.3 is 0 Å².